The maximum atomic E-state index is 11.6. The Morgan fingerprint density at radius 2 is 1.60 bits per heavy atom. The molecule has 4 heteroatoms. The van der Waals surface area contributed by atoms with E-state index in [1.54, 1.807) is 6.92 Å². The Morgan fingerprint density at radius 1 is 1.04 bits per heavy atom. The molecule has 2 atom stereocenters. The second-order valence-electron chi connectivity index (χ2n) is 10.8. The number of nitrogens with one attached hydrogen (secondary N) is 1. The van der Waals surface area contributed by atoms with Gasteiger partial charge >= 0.3 is 0 Å². The average molecular weight is 348 g/mol. The zero-order valence-corrected chi connectivity index (χ0v) is 17.9. The van der Waals surface area contributed by atoms with Crippen molar-refractivity contribution in [2.75, 3.05) is 6.54 Å². The molecule has 1 N–H and O–H groups in total. The fourth-order valence-corrected chi connectivity index (χ4v) is 4.08. The summed E-state index contributed by atoms with van der Waals surface area (Å²) in [7, 11) is 0. The number of aliphatic imine (C=N–C) groups is 1. The van der Waals surface area contributed by atoms with E-state index >= 15 is 0 Å². The monoisotopic (exact) mass is 347 g/mol. The van der Waals surface area contributed by atoms with Gasteiger partial charge in [0.25, 0.3) is 0 Å². The second-order valence-corrected chi connectivity index (χ2v) is 10.8. The average Bonchev–Trinajstić information content (AvgIpc) is 2.74. The molecular formula is C21H37N3O. The molecular weight excluding hydrogens is 310 g/mol. The van der Waals surface area contributed by atoms with Crippen LogP contribution in [-0.2, 0) is 4.79 Å². The first-order valence-electron chi connectivity index (χ1n) is 9.49. The molecule has 0 aromatic carbocycles. The summed E-state index contributed by atoms with van der Waals surface area (Å²) in [6, 6.07) is 0.333. The van der Waals surface area contributed by atoms with Gasteiger partial charge in [0.15, 0.2) is 0 Å². The van der Waals surface area contributed by atoms with E-state index in [4.69, 9.17) is 4.99 Å². The molecule has 0 spiro atoms. The van der Waals surface area contributed by atoms with Crippen LogP contribution in [0.25, 0.3) is 0 Å². The summed E-state index contributed by atoms with van der Waals surface area (Å²) in [6.45, 7) is 22.8. The van der Waals surface area contributed by atoms with Crippen molar-refractivity contribution in [3.05, 3.63) is 11.3 Å². The minimum atomic E-state index is -0.0245. The fourth-order valence-electron chi connectivity index (χ4n) is 4.08. The lowest BCUT2D eigenvalue weighted by Gasteiger charge is -2.45. The van der Waals surface area contributed by atoms with Crippen molar-refractivity contribution in [3.63, 3.8) is 0 Å². The lowest BCUT2D eigenvalue weighted by Crippen LogP contribution is -2.47. The van der Waals surface area contributed by atoms with Gasteiger partial charge in [-0.25, -0.2) is 0 Å². The highest BCUT2D eigenvalue weighted by molar-refractivity contribution is 5.91. The van der Waals surface area contributed by atoms with E-state index in [1.807, 2.05) is 0 Å². The molecule has 1 amide bonds. The molecule has 142 valence electrons. The van der Waals surface area contributed by atoms with Gasteiger partial charge in [-0.1, -0.05) is 62.3 Å². The van der Waals surface area contributed by atoms with Gasteiger partial charge in [-0.15, -0.1) is 0 Å². The van der Waals surface area contributed by atoms with E-state index < -0.39 is 0 Å². The summed E-state index contributed by atoms with van der Waals surface area (Å²) in [4.78, 5) is 19.3. The molecule has 4 nitrogen and oxygen atoms in total. The zero-order chi connectivity index (χ0) is 19.4. The molecule has 0 aromatic heterocycles. The van der Waals surface area contributed by atoms with Gasteiger partial charge in [0.1, 0.15) is 5.84 Å². The molecule has 2 aliphatic rings. The molecule has 0 aliphatic carbocycles. The number of carbonyl (C=O) groups excluding carboxylic acids is 1. The third-order valence-corrected chi connectivity index (χ3v) is 4.97. The lowest BCUT2D eigenvalue weighted by atomic mass is 9.70. The van der Waals surface area contributed by atoms with Gasteiger partial charge in [0, 0.05) is 31.0 Å². The summed E-state index contributed by atoms with van der Waals surface area (Å²) < 4.78 is 0. The van der Waals surface area contributed by atoms with Crippen molar-refractivity contribution in [1.82, 2.24) is 10.2 Å². The van der Waals surface area contributed by atoms with Crippen LogP contribution in [-0.4, -0.2) is 35.3 Å². The van der Waals surface area contributed by atoms with Crippen LogP contribution in [0, 0.1) is 16.2 Å². The molecule has 0 bridgehead atoms. The van der Waals surface area contributed by atoms with Crippen molar-refractivity contribution >= 4 is 11.7 Å². The minimum Gasteiger partial charge on any atom is -0.351 e. The number of hydrogen-bond donors (Lipinski definition) is 1. The Kier molecular flexibility index (Phi) is 4.91. The van der Waals surface area contributed by atoms with Crippen molar-refractivity contribution < 1.29 is 4.79 Å². The Balaban J connectivity index is 2.62. The first-order valence-corrected chi connectivity index (χ1v) is 9.49. The van der Waals surface area contributed by atoms with Crippen molar-refractivity contribution in [1.29, 1.82) is 0 Å². The maximum absolute atomic E-state index is 11.6. The molecule has 1 saturated heterocycles. The summed E-state index contributed by atoms with van der Waals surface area (Å²) in [5.41, 5.74) is 2.89. The Bertz CT molecular complexity index is 609. The third kappa shape index (κ3) is 4.09. The molecule has 1 fully saturated rings. The molecule has 2 heterocycles. The van der Waals surface area contributed by atoms with Gasteiger partial charge in [-0.05, 0) is 16.4 Å². The SMILES string of the molecule is CC(=O)NC1CC2=C(C(C)(C)C)C(C(C)(C)C)N=C(C(C)(C)C)N2C1. The van der Waals surface area contributed by atoms with E-state index in [2.05, 4.69) is 72.5 Å². The largest absolute Gasteiger partial charge is 0.351 e. The molecule has 0 radical (unpaired) electrons. The normalized spacial score (nSPS) is 25.0. The number of amides is 1. The molecule has 0 aromatic rings. The number of fused-ring (bicyclic) bond motifs is 1. The first-order chi connectivity index (χ1) is 11.1. The van der Waals surface area contributed by atoms with Gasteiger partial charge in [-0.3, -0.25) is 9.79 Å². The lowest BCUT2D eigenvalue weighted by molar-refractivity contribution is -0.119. The predicted molar refractivity (Wildman–Crippen MR) is 106 cm³/mol. The molecule has 2 rings (SSSR count). The molecule has 25 heavy (non-hydrogen) atoms. The van der Waals surface area contributed by atoms with Crippen LogP contribution in [0.4, 0.5) is 0 Å². The zero-order valence-electron chi connectivity index (χ0n) is 17.9. The number of amidine groups is 1. The smallest absolute Gasteiger partial charge is 0.217 e. The van der Waals surface area contributed by atoms with Crippen molar-refractivity contribution in [2.24, 2.45) is 21.2 Å². The van der Waals surface area contributed by atoms with Crippen LogP contribution >= 0.6 is 0 Å². The highest BCUT2D eigenvalue weighted by atomic mass is 16.1. The maximum Gasteiger partial charge on any atom is 0.217 e. The van der Waals surface area contributed by atoms with E-state index in [9.17, 15) is 4.79 Å². The fraction of sp³-hybridized carbons (Fsp3) is 0.810. The van der Waals surface area contributed by atoms with Crippen LogP contribution in [0.5, 0.6) is 0 Å². The predicted octanol–water partition coefficient (Wildman–Crippen LogP) is 4.37. The van der Waals surface area contributed by atoms with Crippen LogP contribution in [0.2, 0.25) is 0 Å². The quantitative estimate of drug-likeness (QED) is 0.765. The third-order valence-electron chi connectivity index (χ3n) is 4.97. The van der Waals surface area contributed by atoms with Gasteiger partial charge in [-0.2, -0.15) is 0 Å². The Labute approximate surface area is 154 Å². The Hall–Kier alpha value is -1.32. The number of nitrogens with zero attached hydrogens (tertiary/aromatic N) is 2. The van der Waals surface area contributed by atoms with E-state index in [-0.39, 0.29) is 34.2 Å². The molecule has 2 aliphatic heterocycles. The number of carbonyl (C=O) groups is 1. The van der Waals surface area contributed by atoms with Gasteiger partial charge in [0.05, 0.1) is 12.1 Å². The van der Waals surface area contributed by atoms with Gasteiger partial charge < -0.3 is 10.2 Å². The van der Waals surface area contributed by atoms with E-state index in [0.717, 1.165) is 18.8 Å². The van der Waals surface area contributed by atoms with Crippen LogP contribution < -0.4 is 5.32 Å². The van der Waals surface area contributed by atoms with E-state index in [1.165, 1.54) is 11.3 Å². The van der Waals surface area contributed by atoms with Crippen LogP contribution in [0.3, 0.4) is 0 Å². The standard InChI is InChI=1S/C21H37N3O/c1-13(25)22-14-11-15-16(19(2,3)4)17(20(5,6)7)23-18(21(8,9)10)24(15)12-14/h14,17H,11-12H2,1-10H3,(H,22,25). The molecule has 2 unspecified atom stereocenters. The van der Waals surface area contributed by atoms with Crippen LogP contribution in [0.15, 0.2) is 16.3 Å². The summed E-state index contributed by atoms with van der Waals surface area (Å²) in [5.74, 6) is 1.20. The van der Waals surface area contributed by atoms with E-state index in [0.29, 0.717) is 0 Å². The second kappa shape index (κ2) is 6.14. The van der Waals surface area contributed by atoms with Crippen LogP contribution in [0.1, 0.15) is 75.7 Å². The summed E-state index contributed by atoms with van der Waals surface area (Å²) in [5, 5.41) is 3.13. The topological polar surface area (TPSA) is 44.7 Å². The number of rotatable bonds is 1. The highest BCUT2D eigenvalue weighted by Gasteiger charge is 2.46. The van der Waals surface area contributed by atoms with Gasteiger partial charge in [0.2, 0.25) is 5.91 Å². The first kappa shape index (κ1) is 20.0. The summed E-state index contributed by atoms with van der Waals surface area (Å²) >= 11 is 0. The highest BCUT2D eigenvalue weighted by Crippen LogP contribution is 2.47. The Morgan fingerprint density at radius 3 is 2.00 bits per heavy atom. The van der Waals surface area contributed by atoms with Crippen molar-refractivity contribution in [2.45, 2.75) is 87.7 Å². The summed E-state index contributed by atoms with van der Waals surface area (Å²) in [6.07, 6.45) is 0.897. The van der Waals surface area contributed by atoms with Crippen molar-refractivity contribution in [3.8, 4) is 0 Å². The number of hydrogen-bond acceptors (Lipinski definition) is 3. The minimum absolute atomic E-state index is 0.0245. The molecule has 0 saturated carbocycles.